The molecular weight excluding hydrogens is 159 g/mol. The van der Waals surface area contributed by atoms with E-state index in [2.05, 4.69) is 0 Å². The number of hydrogen-bond donors (Lipinski definition) is 2. The second-order valence-electron chi connectivity index (χ2n) is 3.95. The van der Waals surface area contributed by atoms with Gasteiger partial charge in [-0.3, -0.25) is 4.90 Å². The molecule has 1 aliphatic heterocycles. The molecule has 1 heterocycles. The van der Waals surface area contributed by atoms with Gasteiger partial charge in [-0.2, -0.15) is 0 Å². The molecule has 3 N–H and O–H groups in total. The highest BCUT2D eigenvalue weighted by Crippen LogP contribution is 2.17. The summed E-state index contributed by atoms with van der Waals surface area (Å²) in [4.78, 5) is 2.00. The van der Waals surface area contributed by atoms with Gasteiger partial charge in [0.1, 0.15) is 6.67 Å². The molecule has 1 aliphatic rings. The van der Waals surface area contributed by atoms with Crippen LogP contribution in [0.25, 0.3) is 0 Å². The largest absolute Gasteiger partial charge is 0.389 e. The summed E-state index contributed by atoms with van der Waals surface area (Å²) in [6.07, 6.45) is 0.0744. The van der Waals surface area contributed by atoms with Crippen molar-refractivity contribution in [3.05, 3.63) is 0 Å². The van der Waals surface area contributed by atoms with Crippen LogP contribution in [-0.4, -0.2) is 48.0 Å². The van der Waals surface area contributed by atoms with Gasteiger partial charge < -0.3 is 10.8 Å². The van der Waals surface area contributed by atoms with Crippen LogP contribution in [0.4, 0.5) is 4.39 Å². The molecule has 72 valence electrons. The van der Waals surface area contributed by atoms with Crippen molar-refractivity contribution in [1.29, 1.82) is 0 Å². The topological polar surface area (TPSA) is 49.5 Å². The Bertz CT molecular complexity index is 152. The number of halogens is 1. The molecule has 0 spiro atoms. The fraction of sp³-hybridized carbons (Fsp3) is 1.00. The van der Waals surface area contributed by atoms with Crippen LogP contribution in [-0.2, 0) is 0 Å². The minimum Gasteiger partial charge on any atom is -0.389 e. The number of likely N-dealkylation sites (tertiary alicyclic amines) is 1. The molecule has 0 bridgehead atoms. The van der Waals surface area contributed by atoms with E-state index >= 15 is 0 Å². The summed E-state index contributed by atoms with van der Waals surface area (Å²) >= 11 is 0. The molecule has 0 saturated carbocycles. The van der Waals surface area contributed by atoms with Crippen LogP contribution in [0.5, 0.6) is 0 Å². The first-order valence-corrected chi connectivity index (χ1v) is 4.29. The van der Waals surface area contributed by atoms with E-state index in [-0.39, 0.29) is 5.54 Å². The zero-order chi connectivity index (χ0) is 9.19. The van der Waals surface area contributed by atoms with Gasteiger partial charge in [0.15, 0.2) is 0 Å². The number of nitrogens with two attached hydrogens (primary N) is 1. The Hall–Kier alpha value is -0.190. The van der Waals surface area contributed by atoms with Gasteiger partial charge in [0.05, 0.1) is 6.10 Å². The van der Waals surface area contributed by atoms with Crippen molar-refractivity contribution >= 4 is 0 Å². The molecule has 0 radical (unpaired) electrons. The number of rotatable bonds is 3. The first-order valence-electron chi connectivity index (χ1n) is 4.29. The monoisotopic (exact) mass is 176 g/mol. The van der Waals surface area contributed by atoms with Gasteiger partial charge >= 0.3 is 0 Å². The molecule has 0 aromatic carbocycles. The number of alkyl halides is 1. The molecule has 2 atom stereocenters. The lowest BCUT2D eigenvalue weighted by Crippen LogP contribution is -2.41. The molecule has 1 fully saturated rings. The molecule has 0 amide bonds. The van der Waals surface area contributed by atoms with Crippen LogP contribution in [0.2, 0.25) is 0 Å². The average Bonchev–Trinajstić information content (AvgIpc) is 2.30. The predicted molar refractivity (Wildman–Crippen MR) is 45.6 cm³/mol. The van der Waals surface area contributed by atoms with Crippen LogP contribution in [0.1, 0.15) is 13.3 Å². The van der Waals surface area contributed by atoms with Gasteiger partial charge in [-0.1, -0.05) is 0 Å². The summed E-state index contributed by atoms with van der Waals surface area (Å²) in [5.41, 5.74) is 5.71. The van der Waals surface area contributed by atoms with Crippen molar-refractivity contribution in [2.75, 3.05) is 26.3 Å². The van der Waals surface area contributed by atoms with E-state index in [4.69, 9.17) is 10.8 Å². The Morgan fingerprint density at radius 2 is 2.42 bits per heavy atom. The third-order valence-corrected chi connectivity index (χ3v) is 2.23. The van der Waals surface area contributed by atoms with E-state index in [1.54, 1.807) is 0 Å². The van der Waals surface area contributed by atoms with E-state index in [9.17, 15) is 4.39 Å². The number of aliphatic hydroxyl groups is 1. The summed E-state index contributed by atoms with van der Waals surface area (Å²) in [7, 11) is 0. The van der Waals surface area contributed by atoms with Crippen molar-refractivity contribution in [2.24, 2.45) is 5.73 Å². The fourth-order valence-corrected chi connectivity index (χ4v) is 1.59. The van der Waals surface area contributed by atoms with Gasteiger partial charge in [-0.15, -0.1) is 0 Å². The Labute approximate surface area is 72.3 Å². The Morgan fingerprint density at radius 3 is 2.83 bits per heavy atom. The van der Waals surface area contributed by atoms with Gasteiger partial charge in [0.25, 0.3) is 0 Å². The highest BCUT2D eigenvalue weighted by Gasteiger charge is 2.30. The maximum Gasteiger partial charge on any atom is 0.117 e. The van der Waals surface area contributed by atoms with Crippen LogP contribution < -0.4 is 5.73 Å². The van der Waals surface area contributed by atoms with Crippen LogP contribution >= 0.6 is 0 Å². The Morgan fingerprint density at radius 1 is 1.75 bits per heavy atom. The molecule has 0 aromatic heterocycles. The first-order chi connectivity index (χ1) is 5.53. The number of nitrogens with zero attached hydrogens (tertiary/aromatic N) is 1. The minimum atomic E-state index is -0.848. The zero-order valence-electron chi connectivity index (χ0n) is 7.46. The molecule has 1 saturated heterocycles. The summed E-state index contributed by atoms with van der Waals surface area (Å²) in [6, 6.07) is 0. The zero-order valence-corrected chi connectivity index (χ0v) is 7.46. The lowest BCUT2D eigenvalue weighted by molar-refractivity contribution is 0.0976. The molecule has 12 heavy (non-hydrogen) atoms. The minimum absolute atomic E-state index is 0.157. The maximum atomic E-state index is 11.9. The molecule has 1 rings (SSSR count). The van der Waals surface area contributed by atoms with Crippen molar-refractivity contribution in [2.45, 2.75) is 25.0 Å². The van der Waals surface area contributed by atoms with Crippen molar-refractivity contribution in [3.63, 3.8) is 0 Å². The fourth-order valence-electron chi connectivity index (χ4n) is 1.59. The third-order valence-electron chi connectivity index (χ3n) is 2.23. The van der Waals surface area contributed by atoms with Gasteiger partial charge in [-0.05, 0) is 13.3 Å². The molecule has 3 nitrogen and oxygen atoms in total. The van der Waals surface area contributed by atoms with E-state index in [0.717, 1.165) is 19.5 Å². The molecule has 0 aromatic rings. The van der Waals surface area contributed by atoms with Crippen LogP contribution in [0, 0.1) is 0 Å². The highest BCUT2D eigenvalue weighted by atomic mass is 19.1. The quantitative estimate of drug-likeness (QED) is 0.623. The summed E-state index contributed by atoms with van der Waals surface area (Å²) in [5.74, 6) is 0. The Kier molecular flexibility index (Phi) is 3.04. The lowest BCUT2D eigenvalue weighted by Gasteiger charge is -2.20. The van der Waals surface area contributed by atoms with Crippen molar-refractivity contribution in [1.82, 2.24) is 4.90 Å². The van der Waals surface area contributed by atoms with Crippen molar-refractivity contribution in [3.8, 4) is 0 Å². The predicted octanol–water partition coefficient (Wildman–Crippen LogP) is -0.260. The Balaban J connectivity index is 2.28. The van der Waals surface area contributed by atoms with Gasteiger partial charge in [0, 0.05) is 25.2 Å². The second-order valence-corrected chi connectivity index (χ2v) is 3.95. The highest BCUT2D eigenvalue weighted by molar-refractivity contribution is 4.90. The van der Waals surface area contributed by atoms with Crippen LogP contribution in [0.3, 0.4) is 0 Å². The summed E-state index contributed by atoms with van der Waals surface area (Å²) < 4.78 is 11.9. The maximum absolute atomic E-state index is 11.9. The van der Waals surface area contributed by atoms with E-state index in [0.29, 0.717) is 6.54 Å². The van der Waals surface area contributed by atoms with Crippen LogP contribution in [0.15, 0.2) is 0 Å². The number of β-amino-alcohol motifs (C(OH)–C–C–N with tert-alkyl or cyclic N) is 1. The normalized spacial score (nSPS) is 34.0. The summed E-state index contributed by atoms with van der Waals surface area (Å²) in [5, 5.41) is 9.03. The molecule has 0 aliphatic carbocycles. The number of hydrogen-bond acceptors (Lipinski definition) is 3. The smallest absolute Gasteiger partial charge is 0.117 e. The lowest BCUT2D eigenvalue weighted by atomic mass is 10.0. The van der Waals surface area contributed by atoms with Gasteiger partial charge in [-0.25, -0.2) is 4.39 Å². The van der Waals surface area contributed by atoms with E-state index in [1.165, 1.54) is 0 Å². The SMILES string of the molecule is CC1(N)CCN(CC(O)CF)C1. The van der Waals surface area contributed by atoms with Crippen molar-refractivity contribution < 1.29 is 9.50 Å². The summed E-state index contributed by atoms with van der Waals surface area (Å²) in [6.45, 7) is 3.34. The molecule has 4 heteroatoms. The number of aliphatic hydroxyl groups excluding tert-OH is 1. The third kappa shape index (κ3) is 2.69. The second kappa shape index (κ2) is 3.68. The van der Waals surface area contributed by atoms with E-state index < -0.39 is 12.8 Å². The molecular formula is C8H17FN2O. The van der Waals surface area contributed by atoms with E-state index in [1.807, 2.05) is 11.8 Å². The first kappa shape index (κ1) is 9.89. The molecule has 2 unspecified atom stereocenters. The average molecular weight is 176 g/mol. The van der Waals surface area contributed by atoms with Gasteiger partial charge in [0.2, 0.25) is 0 Å². The standard InChI is InChI=1S/C8H17FN2O/c1-8(10)2-3-11(6-8)5-7(12)4-9/h7,12H,2-6,10H2,1H3.